The Morgan fingerprint density at radius 2 is 1.42 bits per heavy atom. The average molecular weight is 820 g/mol. The lowest BCUT2D eigenvalue weighted by Gasteiger charge is -2.34. The van der Waals surface area contributed by atoms with Crippen molar-refractivity contribution in [2.75, 3.05) is 38.0 Å². The van der Waals surface area contributed by atoms with E-state index < -0.39 is 30.2 Å². The van der Waals surface area contributed by atoms with Crippen molar-refractivity contribution in [3.63, 3.8) is 0 Å². The molecule has 3 amide bonds. The second-order valence-corrected chi connectivity index (χ2v) is 14.6. The van der Waals surface area contributed by atoms with E-state index in [1.165, 1.54) is 13.0 Å². The molecule has 314 valence electrons. The summed E-state index contributed by atoms with van der Waals surface area (Å²) in [5.74, 6) is -1.03. The second kappa shape index (κ2) is 19.7. The number of phenols is 2. The molecule has 1 fully saturated rings. The SMILES string of the molecule is CCNC(=O)c1nnc(-c2cc(C(C)C)c(O)cc2O)n1-c1ccc(CN2CCN(C(=O)OCc3ccc(NC(=O)O[C@@H](C)C(=O)OCc4ccccc4)cc3)CC2)cc1. The number of amides is 3. The van der Waals surface area contributed by atoms with E-state index in [2.05, 4.69) is 25.7 Å². The zero-order valence-corrected chi connectivity index (χ0v) is 34.0. The number of nitrogens with zero attached hydrogens (tertiary/aromatic N) is 5. The standard InChI is InChI=1S/C44H49N7O9/c1-5-45-41(54)40-48-47-39(36-23-35(28(2)3)37(52)24-38(36)53)51(40)34-17-13-30(14-18-34)25-49-19-21-50(22-20-49)44(57)59-27-32-11-15-33(16-12-32)46-43(56)60-29(4)42(55)58-26-31-9-7-6-8-10-31/h6-18,23-24,28-29,52-53H,5,19-22,25-27H2,1-4H3,(H,45,54)(H,46,56)/t29-/m0/s1. The molecule has 0 unspecified atom stereocenters. The lowest BCUT2D eigenvalue weighted by molar-refractivity contribution is -0.153. The zero-order valence-electron chi connectivity index (χ0n) is 34.0. The maximum absolute atomic E-state index is 13.0. The van der Waals surface area contributed by atoms with Crippen LogP contribution in [0.15, 0.2) is 91.0 Å². The van der Waals surface area contributed by atoms with Crippen molar-refractivity contribution in [2.24, 2.45) is 0 Å². The summed E-state index contributed by atoms with van der Waals surface area (Å²) in [6.45, 7) is 10.5. The van der Waals surface area contributed by atoms with Gasteiger partial charge in [-0.05, 0) is 72.4 Å². The fourth-order valence-corrected chi connectivity index (χ4v) is 6.55. The average Bonchev–Trinajstić information content (AvgIpc) is 3.68. The van der Waals surface area contributed by atoms with Crippen LogP contribution in [0, 0.1) is 0 Å². The Bertz CT molecular complexity index is 2270. The molecule has 5 aromatic rings. The van der Waals surface area contributed by atoms with Crippen LogP contribution >= 0.6 is 0 Å². The number of ether oxygens (including phenoxy) is 3. The fraction of sp³-hybridized carbons (Fsp3) is 0.318. The molecule has 1 aromatic heterocycles. The number of aromatic hydroxyl groups is 2. The Labute approximate surface area is 347 Å². The summed E-state index contributed by atoms with van der Waals surface area (Å²) in [7, 11) is 0. The van der Waals surface area contributed by atoms with E-state index in [0.29, 0.717) is 61.8 Å². The zero-order chi connectivity index (χ0) is 42.8. The van der Waals surface area contributed by atoms with Gasteiger partial charge in [0.15, 0.2) is 11.9 Å². The lowest BCUT2D eigenvalue weighted by Crippen LogP contribution is -2.48. The van der Waals surface area contributed by atoms with Gasteiger partial charge < -0.3 is 34.6 Å². The number of anilines is 1. The number of carbonyl (C=O) groups is 4. The highest BCUT2D eigenvalue weighted by atomic mass is 16.6. The Morgan fingerprint density at radius 1 is 0.767 bits per heavy atom. The first kappa shape index (κ1) is 42.7. The van der Waals surface area contributed by atoms with Gasteiger partial charge in [-0.3, -0.25) is 19.6 Å². The molecular weight excluding hydrogens is 771 g/mol. The van der Waals surface area contributed by atoms with Crippen LogP contribution in [-0.4, -0.2) is 97.7 Å². The highest BCUT2D eigenvalue weighted by Crippen LogP contribution is 2.38. The second-order valence-electron chi connectivity index (χ2n) is 14.6. The van der Waals surface area contributed by atoms with Gasteiger partial charge in [-0.1, -0.05) is 68.4 Å². The molecule has 0 spiro atoms. The minimum Gasteiger partial charge on any atom is -0.508 e. The quantitative estimate of drug-likeness (QED) is 0.0717. The number of piperazine rings is 1. The molecule has 0 radical (unpaired) electrons. The van der Waals surface area contributed by atoms with E-state index in [0.717, 1.165) is 16.7 Å². The smallest absolute Gasteiger partial charge is 0.412 e. The third-order valence-electron chi connectivity index (χ3n) is 9.84. The van der Waals surface area contributed by atoms with E-state index in [1.54, 1.807) is 46.7 Å². The van der Waals surface area contributed by atoms with Gasteiger partial charge in [0.05, 0.1) is 5.56 Å². The van der Waals surface area contributed by atoms with Crippen LogP contribution in [0.1, 0.15) is 66.5 Å². The first-order chi connectivity index (χ1) is 28.9. The normalized spacial score (nSPS) is 13.4. The first-order valence-corrected chi connectivity index (χ1v) is 19.7. The summed E-state index contributed by atoms with van der Waals surface area (Å²) in [6, 6.07) is 26.5. The number of benzene rings is 4. The summed E-state index contributed by atoms with van der Waals surface area (Å²) in [5, 5.41) is 35.1. The van der Waals surface area contributed by atoms with Gasteiger partial charge in [-0.2, -0.15) is 0 Å². The van der Waals surface area contributed by atoms with Crippen LogP contribution in [0.2, 0.25) is 0 Å². The van der Waals surface area contributed by atoms with E-state index in [1.807, 2.05) is 68.4 Å². The predicted octanol–water partition coefficient (Wildman–Crippen LogP) is 6.35. The van der Waals surface area contributed by atoms with Crippen molar-refractivity contribution < 1.29 is 43.6 Å². The molecule has 60 heavy (non-hydrogen) atoms. The molecule has 0 aliphatic carbocycles. The Morgan fingerprint density at radius 3 is 2.08 bits per heavy atom. The number of hydrogen-bond donors (Lipinski definition) is 4. The summed E-state index contributed by atoms with van der Waals surface area (Å²) in [4.78, 5) is 54.5. The third kappa shape index (κ3) is 10.8. The molecule has 16 heteroatoms. The number of phenolic OH excluding ortho intramolecular Hbond substituents is 2. The molecule has 0 saturated carbocycles. The van der Waals surface area contributed by atoms with Crippen molar-refractivity contribution in [3.8, 4) is 28.6 Å². The summed E-state index contributed by atoms with van der Waals surface area (Å²) >= 11 is 0. The van der Waals surface area contributed by atoms with Gasteiger partial charge in [0.25, 0.3) is 5.91 Å². The fourth-order valence-electron chi connectivity index (χ4n) is 6.55. The van der Waals surface area contributed by atoms with Crippen LogP contribution < -0.4 is 10.6 Å². The van der Waals surface area contributed by atoms with Gasteiger partial charge in [-0.25, -0.2) is 14.4 Å². The molecule has 1 aliphatic heterocycles. The number of hydrogen-bond acceptors (Lipinski definition) is 12. The Kier molecular flexibility index (Phi) is 14.0. The molecular formula is C44H49N7O9. The van der Waals surface area contributed by atoms with Crippen LogP contribution in [0.5, 0.6) is 11.5 Å². The summed E-state index contributed by atoms with van der Waals surface area (Å²) < 4.78 is 17.5. The summed E-state index contributed by atoms with van der Waals surface area (Å²) in [6.07, 6.45) is -2.34. The molecule has 4 N–H and O–H groups in total. The number of esters is 1. The van der Waals surface area contributed by atoms with Crippen molar-refractivity contribution in [3.05, 3.63) is 119 Å². The minimum atomic E-state index is -1.10. The molecule has 1 aliphatic rings. The third-order valence-corrected chi connectivity index (χ3v) is 9.84. The van der Waals surface area contributed by atoms with E-state index in [9.17, 15) is 29.4 Å². The molecule has 6 rings (SSSR count). The van der Waals surface area contributed by atoms with Crippen molar-refractivity contribution in [1.29, 1.82) is 0 Å². The van der Waals surface area contributed by atoms with E-state index >= 15 is 0 Å². The monoisotopic (exact) mass is 819 g/mol. The lowest BCUT2D eigenvalue weighted by atomic mass is 9.98. The highest BCUT2D eigenvalue weighted by Gasteiger charge is 2.26. The molecule has 0 bridgehead atoms. The van der Waals surface area contributed by atoms with Crippen LogP contribution in [0.4, 0.5) is 15.3 Å². The first-order valence-electron chi connectivity index (χ1n) is 19.7. The molecule has 1 saturated heterocycles. The van der Waals surface area contributed by atoms with Gasteiger partial charge >= 0.3 is 18.2 Å². The highest BCUT2D eigenvalue weighted by molar-refractivity contribution is 5.92. The number of aromatic nitrogens is 3. The van der Waals surface area contributed by atoms with Gasteiger partial charge in [-0.15, -0.1) is 10.2 Å². The maximum atomic E-state index is 13.0. The molecule has 4 aromatic carbocycles. The number of rotatable bonds is 14. The molecule has 1 atom stereocenters. The number of nitrogens with one attached hydrogen (secondary N) is 2. The van der Waals surface area contributed by atoms with E-state index in [4.69, 9.17) is 14.2 Å². The van der Waals surface area contributed by atoms with Crippen LogP contribution in [-0.2, 0) is 38.8 Å². The van der Waals surface area contributed by atoms with Crippen molar-refractivity contribution >= 4 is 29.8 Å². The number of carbonyl (C=O) groups excluding carboxylic acids is 4. The van der Waals surface area contributed by atoms with Crippen molar-refractivity contribution in [2.45, 2.75) is 59.5 Å². The van der Waals surface area contributed by atoms with Crippen molar-refractivity contribution in [1.82, 2.24) is 29.9 Å². The molecule has 16 nitrogen and oxygen atoms in total. The summed E-state index contributed by atoms with van der Waals surface area (Å²) in [5.41, 5.74) is 4.56. The van der Waals surface area contributed by atoms with Gasteiger partial charge in [0, 0.05) is 56.7 Å². The Balaban J connectivity index is 0.973. The molecule has 2 heterocycles. The maximum Gasteiger partial charge on any atom is 0.412 e. The Hall–Kier alpha value is -6.94. The van der Waals surface area contributed by atoms with Gasteiger partial charge in [0.1, 0.15) is 24.7 Å². The topological polar surface area (TPSA) is 198 Å². The van der Waals surface area contributed by atoms with E-state index in [-0.39, 0.29) is 42.3 Å². The predicted molar refractivity (Wildman–Crippen MR) is 222 cm³/mol. The minimum absolute atomic E-state index is 0.0317. The van der Waals surface area contributed by atoms with Crippen LogP contribution in [0.25, 0.3) is 17.1 Å². The largest absolute Gasteiger partial charge is 0.508 e. The van der Waals surface area contributed by atoms with Crippen LogP contribution in [0.3, 0.4) is 0 Å². The van der Waals surface area contributed by atoms with Gasteiger partial charge in [0.2, 0.25) is 5.82 Å².